The summed E-state index contributed by atoms with van der Waals surface area (Å²) in [6.45, 7) is 0. The minimum absolute atomic E-state index is 0.147. The van der Waals surface area contributed by atoms with Crippen LogP contribution in [0.15, 0.2) is 60.7 Å². The Morgan fingerprint density at radius 1 is 0.960 bits per heavy atom. The number of hydrogen-bond acceptors (Lipinski definition) is 3. The van der Waals surface area contributed by atoms with E-state index in [2.05, 4.69) is 16.0 Å². The van der Waals surface area contributed by atoms with Crippen molar-refractivity contribution in [2.75, 3.05) is 0 Å². The van der Waals surface area contributed by atoms with Crippen LogP contribution in [0.1, 0.15) is 30.0 Å². The van der Waals surface area contributed by atoms with Crippen LogP contribution >= 0.6 is 0 Å². The zero-order valence-electron chi connectivity index (χ0n) is 13.6. The zero-order chi connectivity index (χ0) is 17.6. The van der Waals surface area contributed by atoms with Gasteiger partial charge in [0.05, 0.1) is 6.04 Å². The molecule has 0 saturated carbocycles. The lowest BCUT2D eigenvalue weighted by Gasteiger charge is -2.20. The van der Waals surface area contributed by atoms with Gasteiger partial charge in [-0.3, -0.25) is 14.9 Å². The van der Waals surface area contributed by atoms with Gasteiger partial charge in [-0.25, -0.2) is 4.79 Å². The summed E-state index contributed by atoms with van der Waals surface area (Å²) in [5.41, 5.74) is 1.96. The third-order valence-electron chi connectivity index (χ3n) is 4.09. The predicted molar refractivity (Wildman–Crippen MR) is 92.6 cm³/mol. The van der Waals surface area contributed by atoms with Crippen LogP contribution in [0.4, 0.5) is 4.79 Å². The van der Waals surface area contributed by atoms with E-state index in [4.69, 9.17) is 0 Å². The maximum absolute atomic E-state index is 12.4. The molecule has 6 heteroatoms. The largest absolute Gasteiger partial charge is 0.345 e. The molecule has 4 amide bonds. The summed E-state index contributed by atoms with van der Waals surface area (Å²) in [5, 5.41) is 7.67. The molecule has 0 radical (unpaired) electrons. The van der Waals surface area contributed by atoms with Crippen molar-refractivity contribution in [3.63, 3.8) is 0 Å². The number of urea groups is 1. The molecule has 0 bridgehead atoms. The first-order valence-corrected chi connectivity index (χ1v) is 8.14. The Labute approximate surface area is 145 Å². The number of amides is 4. The molecule has 0 aromatic heterocycles. The first-order chi connectivity index (χ1) is 12.1. The van der Waals surface area contributed by atoms with Gasteiger partial charge in [-0.05, 0) is 17.5 Å². The SMILES string of the molecule is O=C(CC[C@@H]1NC(=O)NC1=O)NC(c1ccccc1)c1ccccc1. The normalized spacial score (nSPS) is 16.4. The Hall–Kier alpha value is -3.15. The van der Waals surface area contributed by atoms with E-state index in [0.717, 1.165) is 11.1 Å². The summed E-state index contributed by atoms with van der Waals surface area (Å²) in [6.07, 6.45) is 0.411. The smallest absolute Gasteiger partial charge is 0.322 e. The summed E-state index contributed by atoms with van der Waals surface area (Å²) in [7, 11) is 0. The average Bonchev–Trinajstić information content (AvgIpc) is 2.96. The van der Waals surface area contributed by atoms with Gasteiger partial charge < -0.3 is 10.6 Å². The minimum Gasteiger partial charge on any atom is -0.345 e. The van der Waals surface area contributed by atoms with Crippen molar-refractivity contribution < 1.29 is 14.4 Å². The Bertz CT molecular complexity index is 722. The lowest BCUT2D eigenvalue weighted by molar-refractivity contribution is -0.122. The highest BCUT2D eigenvalue weighted by molar-refractivity contribution is 6.04. The number of imide groups is 1. The molecule has 2 aromatic rings. The average molecular weight is 337 g/mol. The fourth-order valence-electron chi connectivity index (χ4n) is 2.82. The van der Waals surface area contributed by atoms with Gasteiger partial charge in [0.1, 0.15) is 6.04 Å². The number of carbonyl (C=O) groups excluding carboxylic acids is 3. The van der Waals surface area contributed by atoms with Gasteiger partial charge in [0.25, 0.3) is 5.91 Å². The molecule has 1 fully saturated rings. The number of nitrogens with one attached hydrogen (secondary N) is 3. The second kappa shape index (κ2) is 7.61. The molecule has 1 aliphatic heterocycles. The van der Waals surface area contributed by atoms with E-state index in [1.807, 2.05) is 60.7 Å². The van der Waals surface area contributed by atoms with Crippen molar-refractivity contribution in [1.29, 1.82) is 0 Å². The van der Waals surface area contributed by atoms with Crippen molar-refractivity contribution in [3.05, 3.63) is 71.8 Å². The van der Waals surface area contributed by atoms with Crippen LogP contribution < -0.4 is 16.0 Å². The van der Waals surface area contributed by atoms with Crippen LogP contribution in [-0.4, -0.2) is 23.9 Å². The lowest BCUT2D eigenvalue weighted by Crippen LogP contribution is -2.33. The third-order valence-corrected chi connectivity index (χ3v) is 4.09. The van der Waals surface area contributed by atoms with Gasteiger partial charge in [0, 0.05) is 6.42 Å². The summed E-state index contributed by atoms with van der Waals surface area (Å²) in [5.74, 6) is -0.563. The van der Waals surface area contributed by atoms with Gasteiger partial charge in [0.15, 0.2) is 0 Å². The molecule has 1 atom stereocenters. The molecule has 1 heterocycles. The van der Waals surface area contributed by atoms with Crippen LogP contribution in [0, 0.1) is 0 Å². The third kappa shape index (κ3) is 4.23. The van der Waals surface area contributed by atoms with E-state index >= 15 is 0 Å². The molecule has 3 N–H and O–H groups in total. The summed E-state index contributed by atoms with van der Waals surface area (Å²) >= 11 is 0. The zero-order valence-corrected chi connectivity index (χ0v) is 13.6. The monoisotopic (exact) mass is 337 g/mol. The van der Waals surface area contributed by atoms with Crippen LogP contribution in [0.25, 0.3) is 0 Å². The highest BCUT2D eigenvalue weighted by atomic mass is 16.2. The first kappa shape index (κ1) is 16.7. The van der Waals surface area contributed by atoms with Crippen LogP contribution in [0.5, 0.6) is 0 Å². The molecule has 0 aliphatic carbocycles. The van der Waals surface area contributed by atoms with Crippen molar-refractivity contribution in [3.8, 4) is 0 Å². The topological polar surface area (TPSA) is 87.3 Å². The summed E-state index contributed by atoms with van der Waals surface area (Å²) in [4.78, 5) is 35.0. The lowest BCUT2D eigenvalue weighted by atomic mass is 9.98. The van der Waals surface area contributed by atoms with Crippen molar-refractivity contribution in [1.82, 2.24) is 16.0 Å². The maximum atomic E-state index is 12.4. The van der Waals surface area contributed by atoms with Gasteiger partial charge in [-0.2, -0.15) is 0 Å². The van der Waals surface area contributed by atoms with E-state index in [1.54, 1.807) is 0 Å². The second-order valence-corrected chi connectivity index (χ2v) is 5.88. The Morgan fingerprint density at radius 2 is 1.52 bits per heavy atom. The molecule has 0 spiro atoms. The van der Waals surface area contributed by atoms with E-state index in [1.165, 1.54) is 0 Å². The van der Waals surface area contributed by atoms with Gasteiger partial charge >= 0.3 is 6.03 Å². The Kier molecular flexibility index (Phi) is 5.09. The number of carbonyl (C=O) groups is 3. The van der Waals surface area contributed by atoms with Crippen molar-refractivity contribution in [2.24, 2.45) is 0 Å². The fraction of sp³-hybridized carbons (Fsp3) is 0.211. The van der Waals surface area contributed by atoms with Crippen LogP contribution in [0.3, 0.4) is 0 Å². The number of rotatable bonds is 6. The summed E-state index contributed by atoms with van der Waals surface area (Å²) < 4.78 is 0. The quantitative estimate of drug-likeness (QED) is 0.703. The minimum atomic E-state index is -0.648. The van der Waals surface area contributed by atoms with Crippen LogP contribution in [-0.2, 0) is 9.59 Å². The first-order valence-electron chi connectivity index (χ1n) is 8.14. The van der Waals surface area contributed by atoms with E-state index in [-0.39, 0.29) is 30.7 Å². The Morgan fingerprint density at radius 3 is 2.00 bits per heavy atom. The number of hydrogen-bond donors (Lipinski definition) is 3. The molecule has 6 nitrogen and oxygen atoms in total. The van der Waals surface area contributed by atoms with Gasteiger partial charge in [0.2, 0.25) is 5.91 Å². The maximum Gasteiger partial charge on any atom is 0.322 e. The molecule has 25 heavy (non-hydrogen) atoms. The summed E-state index contributed by atoms with van der Waals surface area (Å²) in [6, 6.07) is 18.0. The van der Waals surface area contributed by atoms with Gasteiger partial charge in [-0.1, -0.05) is 60.7 Å². The van der Waals surface area contributed by atoms with E-state index in [0.29, 0.717) is 0 Å². The van der Waals surface area contributed by atoms with E-state index < -0.39 is 12.1 Å². The Balaban J connectivity index is 1.67. The van der Waals surface area contributed by atoms with Crippen molar-refractivity contribution in [2.45, 2.75) is 24.9 Å². The molecule has 1 aliphatic rings. The predicted octanol–water partition coefficient (Wildman–Crippen LogP) is 1.88. The highest BCUT2D eigenvalue weighted by Gasteiger charge is 2.29. The molecule has 3 rings (SSSR count). The molecule has 128 valence electrons. The second-order valence-electron chi connectivity index (χ2n) is 5.88. The van der Waals surface area contributed by atoms with Crippen LogP contribution in [0.2, 0.25) is 0 Å². The van der Waals surface area contributed by atoms with Crippen molar-refractivity contribution >= 4 is 17.8 Å². The van der Waals surface area contributed by atoms with E-state index in [9.17, 15) is 14.4 Å². The molecule has 1 saturated heterocycles. The van der Waals surface area contributed by atoms with Gasteiger partial charge in [-0.15, -0.1) is 0 Å². The highest BCUT2D eigenvalue weighted by Crippen LogP contribution is 2.22. The number of benzene rings is 2. The fourth-order valence-corrected chi connectivity index (χ4v) is 2.82. The molecular formula is C19H19N3O3. The molecular weight excluding hydrogens is 318 g/mol. The standard InChI is InChI=1S/C19H19N3O3/c23-16(12-11-15-18(24)22-19(25)20-15)21-17(13-7-3-1-4-8-13)14-9-5-2-6-10-14/h1-10,15,17H,11-12H2,(H,21,23)(H2,20,22,24,25)/t15-/m0/s1. The molecule has 2 aromatic carbocycles. The molecule has 0 unspecified atom stereocenters.